The van der Waals surface area contributed by atoms with Crippen LogP contribution < -0.4 is 10.2 Å². The van der Waals surface area contributed by atoms with E-state index in [4.69, 9.17) is 5.26 Å². The second kappa shape index (κ2) is 6.06. The van der Waals surface area contributed by atoms with Gasteiger partial charge in [-0.05, 0) is 42.5 Å². The van der Waals surface area contributed by atoms with E-state index < -0.39 is 11.7 Å². The number of benzene rings is 2. The molecule has 5 heteroatoms. The lowest BCUT2D eigenvalue weighted by Gasteiger charge is -2.12. The number of halogens is 1. The van der Waals surface area contributed by atoms with Crippen molar-refractivity contribution in [3.05, 3.63) is 59.4 Å². The van der Waals surface area contributed by atoms with Gasteiger partial charge in [-0.1, -0.05) is 0 Å². The number of amides is 1. The van der Waals surface area contributed by atoms with Crippen molar-refractivity contribution in [3.63, 3.8) is 0 Å². The van der Waals surface area contributed by atoms with Gasteiger partial charge in [0.25, 0.3) is 5.91 Å². The molecule has 0 atom stereocenters. The molecule has 1 N–H and O–H groups in total. The first-order valence-electron chi connectivity index (χ1n) is 6.29. The summed E-state index contributed by atoms with van der Waals surface area (Å²) >= 11 is 0. The molecule has 0 aliphatic carbocycles. The third-order valence-electron chi connectivity index (χ3n) is 2.99. The first-order chi connectivity index (χ1) is 10.0. The maximum atomic E-state index is 13.7. The molecule has 2 aromatic rings. The number of anilines is 2. The molecular weight excluding hydrogens is 269 g/mol. The summed E-state index contributed by atoms with van der Waals surface area (Å²) in [7, 11) is 3.81. The lowest BCUT2D eigenvalue weighted by Crippen LogP contribution is -2.14. The average molecular weight is 283 g/mol. The van der Waals surface area contributed by atoms with E-state index in [1.807, 2.05) is 37.2 Å². The predicted octanol–water partition coefficient (Wildman–Crippen LogP) is 3.02. The highest BCUT2D eigenvalue weighted by Crippen LogP contribution is 2.18. The van der Waals surface area contributed by atoms with Crippen LogP contribution in [0.3, 0.4) is 0 Å². The highest BCUT2D eigenvalue weighted by molar-refractivity contribution is 6.04. The molecule has 2 rings (SSSR count). The maximum absolute atomic E-state index is 13.7. The zero-order valence-corrected chi connectivity index (χ0v) is 11.7. The number of carbonyl (C=O) groups excluding carboxylic acids is 1. The summed E-state index contributed by atoms with van der Waals surface area (Å²) in [5, 5.41) is 11.2. The van der Waals surface area contributed by atoms with Crippen LogP contribution in [0.25, 0.3) is 0 Å². The number of nitrogens with zero attached hydrogens (tertiary/aromatic N) is 2. The van der Waals surface area contributed by atoms with E-state index in [1.54, 1.807) is 12.1 Å². The molecule has 0 saturated heterocycles. The quantitative estimate of drug-likeness (QED) is 0.942. The van der Waals surface area contributed by atoms with Crippen molar-refractivity contribution < 1.29 is 9.18 Å². The third-order valence-corrected chi connectivity index (χ3v) is 2.99. The maximum Gasteiger partial charge on any atom is 0.255 e. The van der Waals surface area contributed by atoms with Crippen LogP contribution in [-0.4, -0.2) is 20.0 Å². The molecule has 0 saturated carbocycles. The standard InChI is InChI=1S/C16H14FN3O/c1-20(2)13-6-4-12(5-7-13)16(21)19-15-8-3-11(10-18)9-14(15)17/h3-9H,1-2H3,(H,19,21). The molecule has 0 aliphatic rings. The molecule has 0 radical (unpaired) electrons. The number of hydrogen-bond donors (Lipinski definition) is 1. The van der Waals surface area contributed by atoms with E-state index in [9.17, 15) is 9.18 Å². The topological polar surface area (TPSA) is 56.1 Å². The van der Waals surface area contributed by atoms with Crippen molar-refractivity contribution in [3.8, 4) is 6.07 Å². The minimum Gasteiger partial charge on any atom is -0.378 e. The molecule has 0 aromatic heterocycles. The molecule has 0 aliphatic heterocycles. The molecule has 2 aromatic carbocycles. The molecule has 106 valence electrons. The van der Waals surface area contributed by atoms with Gasteiger partial charge in [0.15, 0.2) is 0 Å². The van der Waals surface area contributed by atoms with E-state index >= 15 is 0 Å². The van der Waals surface area contributed by atoms with Gasteiger partial charge < -0.3 is 10.2 Å². The van der Waals surface area contributed by atoms with Crippen molar-refractivity contribution in [1.82, 2.24) is 0 Å². The molecule has 0 spiro atoms. The van der Waals surface area contributed by atoms with Crippen LogP contribution in [0.15, 0.2) is 42.5 Å². The van der Waals surface area contributed by atoms with E-state index in [1.165, 1.54) is 12.1 Å². The fourth-order valence-corrected chi connectivity index (χ4v) is 1.79. The van der Waals surface area contributed by atoms with E-state index in [2.05, 4.69) is 5.32 Å². The lowest BCUT2D eigenvalue weighted by atomic mass is 10.1. The molecule has 21 heavy (non-hydrogen) atoms. The smallest absolute Gasteiger partial charge is 0.255 e. The Labute approximate surface area is 122 Å². The Morgan fingerprint density at radius 3 is 2.38 bits per heavy atom. The Hall–Kier alpha value is -2.87. The molecule has 0 heterocycles. The Morgan fingerprint density at radius 1 is 1.19 bits per heavy atom. The Bertz CT molecular complexity index is 702. The van der Waals surface area contributed by atoms with E-state index in [0.717, 1.165) is 11.8 Å². The fraction of sp³-hybridized carbons (Fsp3) is 0.125. The number of nitriles is 1. The minimum atomic E-state index is -0.632. The first kappa shape index (κ1) is 14.5. The number of hydrogen-bond acceptors (Lipinski definition) is 3. The summed E-state index contributed by atoms with van der Waals surface area (Å²) in [6, 6.07) is 12.7. The Morgan fingerprint density at radius 2 is 1.86 bits per heavy atom. The van der Waals surface area contributed by atoms with Crippen molar-refractivity contribution in [2.75, 3.05) is 24.3 Å². The average Bonchev–Trinajstić information content (AvgIpc) is 2.49. The van der Waals surface area contributed by atoms with Gasteiger partial charge in [-0.25, -0.2) is 4.39 Å². The third kappa shape index (κ3) is 3.37. The van der Waals surface area contributed by atoms with Crippen molar-refractivity contribution in [2.24, 2.45) is 0 Å². The van der Waals surface area contributed by atoms with Gasteiger partial charge in [-0.2, -0.15) is 5.26 Å². The number of carbonyl (C=O) groups is 1. The summed E-state index contributed by atoms with van der Waals surface area (Å²) in [5.41, 5.74) is 1.66. The number of nitrogens with one attached hydrogen (secondary N) is 1. The molecule has 0 fully saturated rings. The SMILES string of the molecule is CN(C)c1ccc(C(=O)Nc2ccc(C#N)cc2F)cc1. The van der Waals surface area contributed by atoms with Crippen LogP contribution in [-0.2, 0) is 0 Å². The van der Waals surface area contributed by atoms with Crippen LogP contribution >= 0.6 is 0 Å². The first-order valence-corrected chi connectivity index (χ1v) is 6.29. The Balaban J connectivity index is 2.16. The summed E-state index contributed by atoms with van der Waals surface area (Å²) in [5.74, 6) is -1.03. The monoisotopic (exact) mass is 283 g/mol. The number of rotatable bonds is 3. The summed E-state index contributed by atoms with van der Waals surface area (Å²) in [6.45, 7) is 0. The van der Waals surface area contributed by atoms with Gasteiger partial charge in [0, 0.05) is 25.3 Å². The van der Waals surface area contributed by atoms with Gasteiger partial charge in [0.1, 0.15) is 5.82 Å². The molecule has 1 amide bonds. The molecule has 4 nitrogen and oxygen atoms in total. The molecule has 0 unspecified atom stereocenters. The van der Waals surface area contributed by atoms with Crippen LogP contribution in [0.5, 0.6) is 0 Å². The fourth-order valence-electron chi connectivity index (χ4n) is 1.79. The van der Waals surface area contributed by atoms with Crippen LogP contribution in [0.4, 0.5) is 15.8 Å². The highest BCUT2D eigenvalue weighted by atomic mass is 19.1. The van der Waals surface area contributed by atoms with Crippen LogP contribution in [0.1, 0.15) is 15.9 Å². The van der Waals surface area contributed by atoms with Crippen molar-refractivity contribution >= 4 is 17.3 Å². The van der Waals surface area contributed by atoms with Gasteiger partial charge in [0.2, 0.25) is 0 Å². The highest BCUT2D eigenvalue weighted by Gasteiger charge is 2.10. The zero-order chi connectivity index (χ0) is 15.4. The van der Waals surface area contributed by atoms with Gasteiger partial charge in [-0.3, -0.25) is 4.79 Å². The largest absolute Gasteiger partial charge is 0.378 e. The van der Waals surface area contributed by atoms with E-state index in [0.29, 0.717) is 5.56 Å². The predicted molar refractivity (Wildman–Crippen MR) is 79.8 cm³/mol. The lowest BCUT2D eigenvalue weighted by molar-refractivity contribution is 0.102. The van der Waals surface area contributed by atoms with Gasteiger partial charge >= 0.3 is 0 Å². The van der Waals surface area contributed by atoms with Crippen LogP contribution in [0.2, 0.25) is 0 Å². The Kier molecular flexibility index (Phi) is 4.19. The van der Waals surface area contributed by atoms with Crippen LogP contribution in [0, 0.1) is 17.1 Å². The summed E-state index contributed by atoms with van der Waals surface area (Å²) < 4.78 is 13.7. The normalized spacial score (nSPS) is 9.81. The minimum absolute atomic E-state index is 0.0516. The van der Waals surface area contributed by atoms with E-state index in [-0.39, 0.29) is 11.3 Å². The molecule has 0 bridgehead atoms. The summed E-state index contributed by atoms with van der Waals surface area (Å²) in [6.07, 6.45) is 0. The van der Waals surface area contributed by atoms with Gasteiger partial charge in [-0.15, -0.1) is 0 Å². The van der Waals surface area contributed by atoms with Gasteiger partial charge in [0.05, 0.1) is 17.3 Å². The summed E-state index contributed by atoms with van der Waals surface area (Å²) in [4.78, 5) is 14.0. The molecular formula is C16H14FN3O. The zero-order valence-electron chi connectivity index (χ0n) is 11.7. The van der Waals surface area contributed by atoms with Crippen molar-refractivity contribution in [2.45, 2.75) is 0 Å². The second-order valence-electron chi connectivity index (χ2n) is 4.70. The second-order valence-corrected chi connectivity index (χ2v) is 4.70. The van der Waals surface area contributed by atoms with Crippen molar-refractivity contribution in [1.29, 1.82) is 5.26 Å².